The van der Waals surface area contributed by atoms with Crippen LogP contribution in [0.5, 0.6) is 0 Å². The largest absolute Gasteiger partial charge is 0.417 e. The molecule has 14 heteroatoms. The zero-order chi connectivity index (χ0) is 18.8. The average molecular weight is 402 g/mol. The molecule has 4 N–H and O–H groups in total. The second kappa shape index (κ2) is 7.23. The number of fused-ring (bicyclic) bond motifs is 1. The molecule has 1 unspecified atom stereocenters. The zero-order valence-corrected chi connectivity index (χ0v) is 14.0. The second-order valence-electron chi connectivity index (χ2n) is 5.00. The van der Waals surface area contributed by atoms with Gasteiger partial charge in [-0.15, -0.1) is 10.1 Å². The molecular weight excluding hydrogens is 389 g/mol. The van der Waals surface area contributed by atoms with Gasteiger partial charge in [0.2, 0.25) is 10.0 Å². The summed E-state index contributed by atoms with van der Waals surface area (Å²) >= 11 is 0.936. The van der Waals surface area contributed by atoms with Crippen LogP contribution in [0.4, 0.5) is 18.9 Å². The summed E-state index contributed by atoms with van der Waals surface area (Å²) in [5.41, 5.74) is -1.28. The van der Waals surface area contributed by atoms with Gasteiger partial charge in [-0.05, 0) is 36.9 Å². The minimum atomic E-state index is -4.90. The molecule has 0 saturated heterocycles. The first kappa shape index (κ1) is 19.6. The molecule has 2 rings (SSSR count). The van der Waals surface area contributed by atoms with Crippen LogP contribution in [0.25, 0.3) is 0 Å². The van der Waals surface area contributed by atoms with Crippen molar-refractivity contribution >= 4 is 27.7 Å². The number of rotatable bonds is 6. The van der Waals surface area contributed by atoms with Crippen molar-refractivity contribution in [2.75, 3.05) is 11.9 Å². The number of hydrogen-bond acceptors (Lipinski definition) is 8. The number of nitrogens with zero attached hydrogens (tertiary/aromatic N) is 1. The highest BCUT2D eigenvalue weighted by Crippen LogP contribution is 2.41. The van der Waals surface area contributed by atoms with Gasteiger partial charge in [-0.1, -0.05) is 0 Å². The minimum absolute atomic E-state index is 0.0867. The predicted molar refractivity (Wildman–Crippen MR) is 81.4 cm³/mol. The Morgan fingerprint density at radius 2 is 2.08 bits per heavy atom. The molecule has 9 nitrogen and oxygen atoms in total. The lowest BCUT2D eigenvalue weighted by molar-refractivity contribution is -0.757. The van der Waals surface area contributed by atoms with E-state index in [0.717, 1.165) is 18.0 Å². The van der Waals surface area contributed by atoms with Crippen LogP contribution in [-0.4, -0.2) is 26.3 Å². The molecule has 0 fully saturated rings. The Morgan fingerprint density at radius 1 is 1.40 bits per heavy atom. The van der Waals surface area contributed by atoms with Gasteiger partial charge in [0.15, 0.2) is 0 Å². The van der Waals surface area contributed by atoms with E-state index in [1.807, 2.05) is 0 Å². The van der Waals surface area contributed by atoms with Crippen LogP contribution in [0.2, 0.25) is 0 Å². The number of hydrogen-bond donors (Lipinski definition) is 3. The fourth-order valence-corrected chi connectivity index (χ4v) is 3.81. The van der Waals surface area contributed by atoms with Gasteiger partial charge in [0, 0.05) is 4.90 Å². The first-order valence-corrected chi connectivity index (χ1v) is 9.09. The molecule has 0 bridgehead atoms. The Morgan fingerprint density at radius 3 is 2.64 bits per heavy atom. The Bertz CT molecular complexity index is 772. The van der Waals surface area contributed by atoms with Crippen molar-refractivity contribution in [1.29, 1.82) is 0 Å². The lowest BCUT2D eigenvalue weighted by Crippen LogP contribution is -2.35. The Hall–Kier alpha value is -1.77. The maximum Gasteiger partial charge on any atom is 0.417 e. The molecule has 0 saturated carbocycles. The molecule has 1 aliphatic heterocycles. The van der Waals surface area contributed by atoms with Gasteiger partial charge in [-0.2, -0.15) is 13.2 Å². The first-order chi connectivity index (χ1) is 11.5. The Kier molecular flexibility index (Phi) is 5.65. The molecule has 1 aromatic rings. The van der Waals surface area contributed by atoms with E-state index in [4.69, 9.17) is 5.14 Å². The smallest absolute Gasteiger partial charge is 0.368 e. The summed E-state index contributed by atoms with van der Waals surface area (Å²) < 4.78 is 65.1. The van der Waals surface area contributed by atoms with E-state index in [1.54, 1.807) is 0 Å². The van der Waals surface area contributed by atoms with Gasteiger partial charge in [-0.3, -0.25) is 0 Å². The third kappa shape index (κ3) is 5.10. The molecule has 1 aliphatic rings. The van der Waals surface area contributed by atoms with Crippen molar-refractivity contribution in [3.05, 3.63) is 27.8 Å². The van der Waals surface area contributed by atoms with E-state index >= 15 is 0 Å². The monoisotopic (exact) mass is 402 g/mol. The summed E-state index contributed by atoms with van der Waals surface area (Å²) in [7, 11) is -4.56. The van der Waals surface area contributed by atoms with Crippen LogP contribution in [0.3, 0.4) is 0 Å². The van der Waals surface area contributed by atoms with E-state index in [1.165, 1.54) is 0 Å². The van der Waals surface area contributed by atoms with E-state index in [0.29, 0.717) is 12.5 Å². The predicted octanol–water partition coefficient (Wildman–Crippen LogP) is 1.69. The summed E-state index contributed by atoms with van der Waals surface area (Å²) in [6.07, 6.45) is -4.76. The summed E-state index contributed by atoms with van der Waals surface area (Å²) in [6, 6.07) is 1.54. The van der Waals surface area contributed by atoms with E-state index in [-0.39, 0.29) is 23.6 Å². The SMILES string of the molecule is NS(=O)(=O)c1cc2c(cc1C(F)(F)F)NC(CCCO[N+](=O)[O-])NS2. The molecular formula is C11H13F3N4O5S2. The van der Waals surface area contributed by atoms with Gasteiger partial charge in [-0.25, -0.2) is 18.3 Å². The zero-order valence-electron chi connectivity index (χ0n) is 12.4. The van der Waals surface area contributed by atoms with Crippen molar-refractivity contribution in [3.63, 3.8) is 0 Å². The molecule has 25 heavy (non-hydrogen) atoms. The number of primary sulfonamides is 1. The normalized spacial score (nSPS) is 17.5. The quantitative estimate of drug-likeness (QED) is 0.283. The van der Waals surface area contributed by atoms with Crippen molar-refractivity contribution in [1.82, 2.24) is 4.72 Å². The van der Waals surface area contributed by atoms with Gasteiger partial charge in [0.1, 0.15) is 0 Å². The molecule has 1 atom stereocenters. The molecule has 1 aromatic carbocycles. The van der Waals surface area contributed by atoms with Gasteiger partial charge >= 0.3 is 6.18 Å². The molecule has 0 radical (unpaired) electrons. The third-order valence-corrected chi connectivity index (χ3v) is 5.08. The van der Waals surface area contributed by atoms with Crippen LogP contribution in [0.1, 0.15) is 18.4 Å². The summed E-state index contributed by atoms with van der Waals surface area (Å²) in [5.74, 6) is 0. The van der Waals surface area contributed by atoms with Crippen molar-refractivity contribution in [2.45, 2.75) is 35.0 Å². The lowest BCUT2D eigenvalue weighted by Gasteiger charge is -2.28. The van der Waals surface area contributed by atoms with E-state index < -0.39 is 37.9 Å². The molecule has 140 valence electrons. The van der Waals surface area contributed by atoms with Crippen molar-refractivity contribution in [3.8, 4) is 0 Å². The van der Waals surface area contributed by atoms with Crippen LogP contribution in [0.15, 0.2) is 21.9 Å². The van der Waals surface area contributed by atoms with Crippen LogP contribution in [-0.2, 0) is 21.0 Å². The van der Waals surface area contributed by atoms with E-state index in [9.17, 15) is 31.7 Å². The van der Waals surface area contributed by atoms with E-state index in [2.05, 4.69) is 14.9 Å². The highest BCUT2D eigenvalue weighted by Gasteiger charge is 2.38. The number of benzene rings is 1. The van der Waals surface area contributed by atoms with Gasteiger partial charge < -0.3 is 10.2 Å². The highest BCUT2D eigenvalue weighted by atomic mass is 32.2. The Labute approximate surface area is 144 Å². The molecule has 1 heterocycles. The summed E-state index contributed by atoms with van der Waals surface area (Å²) in [4.78, 5) is 13.4. The van der Waals surface area contributed by atoms with Crippen LogP contribution < -0.4 is 15.2 Å². The number of nitrogens with one attached hydrogen (secondary N) is 2. The fourth-order valence-electron chi connectivity index (χ4n) is 2.12. The van der Waals surface area contributed by atoms with Crippen LogP contribution in [0, 0.1) is 10.1 Å². The Balaban J connectivity index is 2.20. The molecule has 0 spiro atoms. The maximum atomic E-state index is 13.1. The third-order valence-electron chi connectivity index (χ3n) is 3.17. The number of nitrogens with two attached hydrogens (primary N) is 1. The van der Waals surface area contributed by atoms with Crippen molar-refractivity contribution in [2.24, 2.45) is 5.14 Å². The number of alkyl halides is 3. The van der Waals surface area contributed by atoms with Crippen LogP contribution >= 0.6 is 11.9 Å². The minimum Gasteiger partial charge on any atom is -0.368 e. The topological polar surface area (TPSA) is 137 Å². The number of halogens is 3. The van der Waals surface area contributed by atoms with Gasteiger partial charge in [0.05, 0.1) is 28.9 Å². The molecule has 0 aromatic heterocycles. The average Bonchev–Trinajstić information content (AvgIpc) is 2.48. The maximum absolute atomic E-state index is 13.1. The van der Waals surface area contributed by atoms with Crippen molar-refractivity contribution < 1.29 is 31.5 Å². The highest BCUT2D eigenvalue weighted by molar-refractivity contribution is 7.97. The molecule has 0 aliphatic carbocycles. The summed E-state index contributed by atoms with van der Waals surface area (Å²) in [5, 5.41) is 16.8. The second-order valence-corrected chi connectivity index (χ2v) is 7.41. The molecule has 0 amide bonds. The lowest BCUT2D eigenvalue weighted by atomic mass is 10.1. The number of anilines is 1. The standard InChI is InChI=1S/C11H13F3N4O5S2/c12-11(13,14)6-4-7-8(5-9(6)25(15,21)22)24-17-10(16-7)2-1-3-23-18(19)20/h4-5,10,16-17H,1-3H2,(H2,15,21,22). The van der Waals surface area contributed by atoms with Gasteiger partial charge in [0.25, 0.3) is 5.09 Å². The fraction of sp³-hybridized carbons (Fsp3) is 0.455. The first-order valence-electron chi connectivity index (χ1n) is 6.73. The summed E-state index contributed by atoms with van der Waals surface area (Å²) in [6.45, 7) is -0.150. The number of sulfonamides is 1.